The minimum Gasteiger partial charge on any atom is -0.378 e. The minimum absolute atomic E-state index is 0.481. The molecular formula is C16H34N2O. The molecule has 1 N–H and O–H groups in total. The zero-order chi connectivity index (χ0) is 14.1. The van der Waals surface area contributed by atoms with Gasteiger partial charge in [0.05, 0.1) is 6.10 Å². The molecule has 0 aromatic heterocycles. The van der Waals surface area contributed by atoms with Crippen LogP contribution in [0.25, 0.3) is 0 Å². The van der Waals surface area contributed by atoms with E-state index in [1.807, 2.05) is 0 Å². The van der Waals surface area contributed by atoms with Crippen molar-refractivity contribution in [3.05, 3.63) is 0 Å². The van der Waals surface area contributed by atoms with Gasteiger partial charge in [0.25, 0.3) is 0 Å². The highest BCUT2D eigenvalue weighted by molar-refractivity contribution is 4.78. The summed E-state index contributed by atoms with van der Waals surface area (Å²) in [7, 11) is 0. The van der Waals surface area contributed by atoms with Crippen LogP contribution in [0.3, 0.4) is 0 Å². The molecule has 0 radical (unpaired) electrons. The smallest absolute Gasteiger partial charge is 0.0587 e. The second kappa shape index (κ2) is 9.73. The molecule has 1 fully saturated rings. The number of ether oxygens (including phenoxy) is 1. The van der Waals surface area contributed by atoms with Crippen molar-refractivity contribution in [1.29, 1.82) is 0 Å². The van der Waals surface area contributed by atoms with E-state index in [9.17, 15) is 0 Å². The van der Waals surface area contributed by atoms with Gasteiger partial charge in [-0.2, -0.15) is 0 Å². The Labute approximate surface area is 120 Å². The van der Waals surface area contributed by atoms with Gasteiger partial charge >= 0.3 is 0 Å². The van der Waals surface area contributed by atoms with E-state index in [0.717, 1.165) is 13.0 Å². The number of hydrogen-bond acceptors (Lipinski definition) is 3. The first-order valence-electron chi connectivity index (χ1n) is 8.29. The lowest BCUT2D eigenvalue weighted by Crippen LogP contribution is -2.43. The van der Waals surface area contributed by atoms with Gasteiger partial charge in [0, 0.05) is 18.7 Å². The van der Waals surface area contributed by atoms with Gasteiger partial charge in [-0.1, -0.05) is 20.8 Å². The Morgan fingerprint density at radius 1 is 1.26 bits per heavy atom. The van der Waals surface area contributed by atoms with Gasteiger partial charge in [-0.05, 0) is 58.7 Å². The zero-order valence-corrected chi connectivity index (χ0v) is 13.5. The van der Waals surface area contributed by atoms with Gasteiger partial charge in [0.1, 0.15) is 0 Å². The van der Waals surface area contributed by atoms with Crippen LogP contribution in [-0.4, -0.2) is 49.3 Å². The molecule has 0 spiro atoms. The summed E-state index contributed by atoms with van der Waals surface area (Å²) < 4.78 is 5.73. The third-order valence-corrected chi connectivity index (χ3v) is 4.35. The molecule has 19 heavy (non-hydrogen) atoms. The van der Waals surface area contributed by atoms with Crippen LogP contribution in [0.5, 0.6) is 0 Å². The zero-order valence-electron chi connectivity index (χ0n) is 13.5. The van der Waals surface area contributed by atoms with Gasteiger partial charge in [0.15, 0.2) is 0 Å². The van der Waals surface area contributed by atoms with Gasteiger partial charge < -0.3 is 15.0 Å². The summed E-state index contributed by atoms with van der Waals surface area (Å²) in [6.45, 7) is 13.6. The quantitative estimate of drug-likeness (QED) is 0.697. The van der Waals surface area contributed by atoms with Crippen molar-refractivity contribution < 1.29 is 4.74 Å². The molecule has 0 aliphatic carbocycles. The van der Waals surface area contributed by atoms with Crippen molar-refractivity contribution in [3.8, 4) is 0 Å². The van der Waals surface area contributed by atoms with E-state index >= 15 is 0 Å². The van der Waals surface area contributed by atoms with Crippen LogP contribution in [0.4, 0.5) is 0 Å². The van der Waals surface area contributed by atoms with Crippen LogP contribution in [0.2, 0.25) is 0 Å². The monoisotopic (exact) mass is 270 g/mol. The van der Waals surface area contributed by atoms with E-state index in [0.29, 0.717) is 18.2 Å². The van der Waals surface area contributed by atoms with Crippen LogP contribution in [-0.2, 0) is 4.74 Å². The minimum atomic E-state index is 0.481. The van der Waals surface area contributed by atoms with Crippen LogP contribution in [0.1, 0.15) is 59.8 Å². The molecule has 3 atom stereocenters. The fraction of sp³-hybridized carbons (Fsp3) is 1.00. The van der Waals surface area contributed by atoms with E-state index in [4.69, 9.17) is 4.74 Å². The Morgan fingerprint density at radius 3 is 2.63 bits per heavy atom. The summed E-state index contributed by atoms with van der Waals surface area (Å²) in [5, 5.41) is 3.79. The van der Waals surface area contributed by atoms with Gasteiger partial charge in [-0.15, -0.1) is 0 Å². The topological polar surface area (TPSA) is 24.5 Å². The molecule has 1 aliphatic rings. The SMILES string of the molecule is CCC1CC(NC(C)CCCN(CC)CC)CCO1. The number of nitrogens with one attached hydrogen (secondary N) is 1. The van der Waals surface area contributed by atoms with Crippen molar-refractivity contribution in [2.75, 3.05) is 26.2 Å². The molecule has 1 saturated heterocycles. The molecule has 3 nitrogen and oxygen atoms in total. The van der Waals surface area contributed by atoms with Gasteiger partial charge in [0.2, 0.25) is 0 Å². The molecule has 0 saturated carbocycles. The average Bonchev–Trinajstić information content (AvgIpc) is 2.44. The van der Waals surface area contributed by atoms with E-state index in [1.165, 1.54) is 45.3 Å². The maximum Gasteiger partial charge on any atom is 0.0587 e. The Balaban J connectivity index is 2.14. The summed E-state index contributed by atoms with van der Waals surface area (Å²) in [4.78, 5) is 2.51. The first-order valence-corrected chi connectivity index (χ1v) is 8.29. The van der Waals surface area contributed by atoms with Crippen molar-refractivity contribution in [2.45, 2.75) is 78.0 Å². The molecule has 3 unspecified atom stereocenters. The van der Waals surface area contributed by atoms with Crippen LogP contribution >= 0.6 is 0 Å². The lowest BCUT2D eigenvalue weighted by atomic mass is 10.00. The lowest BCUT2D eigenvalue weighted by Gasteiger charge is -2.32. The molecule has 1 rings (SSSR count). The second-order valence-corrected chi connectivity index (χ2v) is 5.86. The normalized spacial score (nSPS) is 25.7. The third-order valence-electron chi connectivity index (χ3n) is 4.35. The number of rotatable bonds is 9. The Morgan fingerprint density at radius 2 is 2.00 bits per heavy atom. The van der Waals surface area contributed by atoms with Crippen molar-refractivity contribution >= 4 is 0 Å². The van der Waals surface area contributed by atoms with Crippen LogP contribution in [0.15, 0.2) is 0 Å². The third kappa shape index (κ3) is 6.73. The van der Waals surface area contributed by atoms with E-state index in [-0.39, 0.29) is 0 Å². The first-order chi connectivity index (χ1) is 9.19. The molecule has 3 heteroatoms. The first kappa shape index (κ1) is 16.9. The summed E-state index contributed by atoms with van der Waals surface area (Å²) in [6.07, 6.45) is 6.58. The largest absolute Gasteiger partial charge is 0.378 e. The number of nitrogens with zero attached hydrogens (tertiary/aromatic N) is 1. The average molecular weight is 270 g/mol. The van der Waals surface area contributed by atoms with Gasteiger partial charge in [-0.25, -0.2) is 0 Å². The van der Waals surface area contributed by atoms with E-state index in [2.05, 4.69) is 37.9 Å². The van der Waals surface area contributed by atoms with E-state index in [1.54, 1.807) is 0 Å². The van der Waals surface area contributed by atoms with Crippen LogP contribution in [0, 0.1) is 0 Å². The van der Waals surface area contributed by atoms with Crippen LogP contribution < -0.4 is 5.32 Å². The predicted octanol–water partition coefficient (Wildman–Crippen LogP) is 3.04. The molecule has 0 aromatic carbocycles. The predicted molar refractivity (Wildman–Crippen MR) is 82.7 cm³/mol. The molecule has 1 heterocycles. The summed E-state index contributed by atoms with van der Waals surface area (Å²) in [6, 6.07) is 1.30. The highest BCUT2D eigenvalue weighted by Gasteiger charge is 2.22. The Kier molecular flexibility index (Phi) is 8.67. The molecule has 0 bridgehead atoms. The Hall–Kier alpha value is -0.120. The molecule has 0 aromatic rings. The molecule has 114 valence electrons. The molecule has 1 aliphatic heterocycles. The summed E-state index contributed by atoms with van der Waals surface area (Å²) >= 11 is 0. The molecular weight excluding hydrogens is 236 g/mol. The standard InChI is InChI=1S/C16H34N2O/c1-5-16-13-15(10-12-19-16)17-14(4)9-8-11-18(6-2)7-3/h14-17H,5-13H2,1-4H3. The fourth-order valence-corrected chi connectivity index (χ4v) is 2.96. The lowest BCUT2D eigenvalue weighted by molar-refractivity contribution is -0.00181. The maximum atomic E-state index is 5.73. The fourth-order valence-electron chi connectivity index (χ4n) is 2.96. The van der Waals surface area contributed by atoms with Crippen molar-refractivity contribution in [2.24, 2.45) is 0 Å². The molecule has 0 amide bonds. The maximum absolute atomic E-state index is 5.73. The summed E-state index contributed by atoms with van der Waals surface area (Å²) in [5.74, 6) is 0. The van der Waals surface area contributed by atoms with Crippen molar-refractivity contribution in [1.82, 2.24) is 10.2 Å². The van der Waals surface area contributed by atoms with Crippen molar-refractivity contribution in [3.63, 3.8) is 0 Å². The van der Waals surface area contributed by atoms with Gasteiger partial charge in [-0.3, -0.25) is 0 Å². The second-order valence-electron chi connectivity index (χ2n) is 5.86. The number of hydrogen-bond donors (Lipinski definition) is 1. The highest BCUT2D eigenvalue weighted by Crippen LogP contribution is 2.17. The summed E-state index contributed by atoms with van der Waals surface area (Å²) in [5.41, 5.74) is 0. The highest BCUT2D eigenvalue weighted by atomic mass is 16.5. The van der Waals surface area contributed by atoms with E-state index < -0.39 is 0 Å². The Bertz CT molecular complexity index is 219.